The molecule has 0 aliphatic carbocycles. The van der Waals surface area contributed by atoms with Crippen LogP contribution in [-0.4, -0.2) is 30.4 Å². The van der Waals surface area contributed by atoms with E-state index in [2.05, 4.69) is 5.32 Å². The molecular formula is C28H31ClN2O3. The first kappa shape index (κ1) is 25.3. The minimum absolute atomic E-state index is 0.0888. The van der Waals surface area contributed by atoms with Crippen molar-refractivity contribution in [3.8, 4) is 5.75 Å². The molecule has 0 bridgehead atoms. The molecule has 0 heterocycles. The number of hydrogen-bond acceptors (Lipinski definition) is 3. The summed E-state index contributed by atoms with van der Waals surface area (Å²) in [6.45, 7) is 4.46. The SMILES string of the molecule is COc1ccc(CCNC(=O)C(c2ccccc2)N(Cc2ccc(Cl)cc2)C(=O)C(C)C)cc1. The first-order chi connectivity index (χ1) is 16.4. The summed E-state index contributed by atoms with van der Waals surface area (Å²) in [7, 11) is 1.63. The lowest BCUT2D eigenvalue weighted by Gasteiger charge is -2.33. The molecule has 0 saturated heterocycles. The van der Waals surface area contributed by atoms with Crippen molar-refractivity contribution in [3.63, 3.8) is 0 Å². The molecule has 5 nitrogen and oxygen atoms in total. The molecule has 178 valence electrons. The number of halogens is 1. The molecule has 3 aromatic carbocycles. The Kier molecular flexibility index (Phi) is 9.11. The van der Waals surface area contributed by atoms with Gasteiger partial charge in [0.15, 0.2) is 0 Å². The molecule has 2 amide bonds. The van der Waals surface area contributed by atoms with Crippen LogP contribution in [-0.2, 0) is 22.6 Å². The summed E-state index contributed by atoms with van der Waals surface area (Å²) in [6.07, 6.45) is 0.673. The minimum Gasteiger partial charge on any atom is -0.497 e. The maximum Gasteiger partial charge on any atom is 0.247 e. The quantitative estimate of drug-likeness (QED) is 0.422. The standard InChI is InChI=1S/C28H31ClN2O3/c1-20(2)28(33)31(19-22-9-13-24(29)14-10-22)26(23-7-5-4-6-8-23)27(32)30-18-17-21-11-15-25(34-3)16-12-21/h4-16,20,26H,17-19H2,1-3H3,(H,30,32). The number of rotatable bonds is 10. The Morgan fingerprint density at radius 1 is 0.912 bits per heavy atom. The van der Waals surface area contributed by atoms with Crippen LogP contribution < -0.4 is 10.1 Å². The van der Waals surface area contributed by atoms with E-state index in [0.717, 1.165) is 22.4 Å². The number of benzene rings is 3. The smallest absolute Gasteiger partial charge is 0.247 e. The number of methoxy groups -OCH3 is 1. The lowest BCUT2D eigenvalue weighted by Crippen LogP contribution is -2.45. The third-order valence-corrected chi connectivity index (χ3v) is 5.84. The highest BCUT2D eigenvalue weighted by Gasteiger charge is 2.32. The van der Waals surface area contributed by atoms with Crippen LogP contribution in [0.4, 0.5) is 0 Å². The van der Waals surface area contributed by atoms with E-state index in [1.165, 1.54) is 0 Å². The van der Waals surface area contributed by atoms with Crippen molar-refractivity contribution in [2.24, 2.45) is 5.92 Å². The van der Waals surface area contributed by atoms with E-state index in [-0.39, 0.29) is 17.7 Å². The summed E-state index contributed by atoms with van der Waals surface area (Å²) in [5.41, 5.74) is 2.77. The lowest BCUT2D eigenvalue weighted by atomic mass is 10.0. The molecule has 1 unspecified atom stereocenters. The number of carbonyl (C=O) groups is 2. The normalized spacial score (nSPS) is 11.7. The predicted molar refractivity (Wildman–Crippen MR) is 136 cm³/mol. The van der Waals surface area contributed by atoms with E-state index in [0.29, 0.717) is 24.5 Å². The molecule has 0 spiro atoms. The third-order valence-electron chi connectivity index (χ3n) is 5.59. The Bertz CT molecular complexity index is 1070. The first-order valence-corrected chi connectivity index (χ1v) is 11.8. The topological polar surface area (TPSA) is 58.6 Å². The Balaban J connectivity index is 1.83. The average molecular weight is 479 g/mol. The molecule has 6 heteroatoms. The van der Waals surface area contributed by atoms with Crippen LogP contribution in [0.15, 0.2) is 78.9 Å². The van der Waals surface area contributed by atoms with Gasteiger partial charge in [0.2, 0.25) is 11.8 Å². The Labute approximate surface area is 206 Å². The van der Waals surface area contributed by atoms with Gasteiger partial charge in [-0.2, -0.15) is 0 Å². The molecule has 0 radical (unpaired) electrons. The van der Waals surface area contributed by atoms with Crippen molar-refractivity contribution < 1.29 is 14.3 Å². The zero-order valence-corrected chi connectivity index (χ0v) is 20.6. The Morgan fingerprint density at radius 3 is 2.12 bits per heavy atom. The molecule has 0 aromatic heterocycles. The van der Waals surface area contributed by atoms with Gasteiger partial charge in [-0.3, -0.25) is 9.59 Å². The zero-order chi connectivity index (χ0) is 24.5. The fourth-order valence-corrected chi connectivity index (χ4v) is 3.87. The second-order valence-electron chi connectivity index (χ2n) is 8.45. The van der Waals surface area contributed by atoms with Gasteiger partial charge in [0.1, 0.15) is 11.8 Å². The van der Waals surface area contributed by atoms with Gasteiger partial charge in [-0.15, -0.1) is 0 Å². The van der Waals surface area contributed by atoms with Crippen molar-refractivity contribution >= 4 is 23.4 Å². The van der Waals surface area contributed by atoms with Crippen LogP contribution in [0.3, 0.4) is 0 Å². The molecule has 0 aliphatic heterocycles. The Hall–Kier alpha value is -3.31. The highest BCUT2D eigenvalue weighted by atomic mass is 35.5. The lowest BCUT2D eigenvalue weighted by molar-refractivity contribution is -0.144. The van der Waals surface area contributed by atoms with Gasteiger partial charge >= 0.3 is 0 Å². The van der Waals surface area contributed by atoms with Crippen molar-refractivity contribution in [3.05, 3.63) is 101 Å². The molecule has 0 saturated carbocycles. The minimum atomic E-state index is -0.748. The molecule has 3 rings (SSSR count). The number of hydrogen-bond donors (Lipinski definition) is 1. The van der Waals surface area contributed by atoms with Gasteiger partial charge in [-0.1, -0.05) is 80.0 Å². The van der Waals surface area contributed by atoms with E-state index in [1.807, 2.05) is 80.6 Å². The summed E-state index contributed by atoms with van der Waals surface area (Å²) < 4.78 is 5.20. The monoisotopic (exact) mass is 478 g/mol. The van der Waals surface area contributed by atoms with Crippen LogP contribution in [0.5, 0.6) is 5.75 Å². The Morgan fingerprint density at radius 2 is 1.53 bits per heavy atom. The van der Waals surface area contributed by atoms with Crippen molar-refractivity contribution in [2.45, 2.75) is 32.9 Å². The number of nitrogens with one attached hydrogen (secondary N) is 1. The number of ether oxygens (including phenoxy) is 1. The highest BCUT2D eigenvalue weighted by Crippen LogP contribution is 2.26. The van der Waals surface area contributed by atoms with Gasteiger partial charge in [0.25, 0.3) is 0 Å². The van der Waals surface area contributed by atoms with E-state index in [1.54, 1.807) is 24.1 Å². The maximum absolute atomic E-state index is 13.5. The fourth-order valence-electron chi connectivity index (χ4n) is 3.74. The number of carbonyl (C=O) groups excluding carboxylic acids is 2. The first-order valence-electron chi connectivity index (χ1n) is 11.4. The largest absolute Gasteiger partial charge is 0.497 e. The summed E-state index contributed by atoms with van der Waals surface area (Å²) >= 11 is 6.04. The van der Waals surface area contributed by atoms with Crippen LogP contribution >= 0.6 is 11.6 Å². The van der Waals surface area contributed by atoms with Crippen LogP contribution in [0.1, 0.15) is 36.6 Å². The van der Waals surface area contributed by atoms with Crippen molar-refractivity contribution in [1.82, 2.24) is 10.2 Å². The van der Waals surface area contributed by atoms with E-state index >= 15 is 0 Å². The van der Waals surface area contributed by atoms with Crippen LogP contribution in [0.2, 0.25) is 5.02 Å². The molecule has 0 fully saturated rings. The third kappa shape index (κ3) is 6.84. The van der Waals surface area contributed by atoms with E-state index < -0.39 is 6.04 Å². The summed E-state index contributed by atoms with van der Waals surface area (Å²) in [5, 5.41) is 3.67. The second kappa shape index (κ2) is 12.2. The van der Waals surface area contributed by atoms with Gasteiger partial charge in [-0.05, 0) is 47.4 Å². The molecule has 3 aromatic rings. The van der Waals surface area contributed by atoms with Crippen LogP contribution in [0.25, 0.3) is 0 Å². The van der Waals surface area contributed by atoms with Gasteiger partial charge in [-0.25, -0.2) is 0 Å². The predicted octanol–water partition coefficient (Wildman–Crippen LogP) is 5.43. The molecule has 0 aliphatic rings. The van der Waals surface area contributed by atoms with Gasteiger partial charge in [0, 0.05) is 24.0 Å². The second-order valence-corrected chi connectivity index (χ2v) is 8.89. The number of amides is 2. The van der Waals surface area contributed by atoms with E-state index in [4.69, 9.17) is 16.3 Å². The molecule has 1 atom stereocenters. The molecular weight excluding hydrogens is 448 g/mol. The van der Waals surface area contributed by atoms with E-state index in [9.17, 15) is 9.59 Å². The summed E-state index contributed by atoms with van der Waals surface area (Å²) in [4.78, 5) is 28.5. The summed E-state index contributed by atoms with van der Waals surface area (Å²) in [5.74, 6) is 0.240. The number of nitrogens with zero attached hydrogens (tertiary/aromatic N) is 1. The highest BCUT2D eigenvalue weighted by molar-refractivity contribution is 6.30. The molecule has 1 N–H and O–H groups in total. The van der Waals surface area contributed by atoms with Gasteiger partial charge in [0.05, 0.1) is 7.11 Å². The maximum atomic E-state index is 13.5. The zero-order valence-electron chi connectivity index (χ0n) is 19.8. The van der Waals surface area contributed by atoms with Crippen molar-refractivity contribution in [2.75, 3.05) is 13.7 Å². The fraction of sp³-hybridized carbons (Fsp3) is 0.286. The molecule has 34 heavy (non-hydrogen) atoms. The summed E-state index contributed by atoms with van der Waals surface area (Å²) in [6, 6.07) is 23.8. The van der Waals surface area contributed by atoms with Crippen molar-refractivity contribution in [1.29, 1.82) is 0 Å². The van der Waals surface area contributed by atoms with Gasteiger partial charge < -0.3 is 15.0 Å². The average Bonchev–Trinajstić information content (AvgIpc) is 2.85. The van der Waals surface area contributed by atoms with Crippen LogP contribution in [0, 0.1) is 5.92 Å².